The molecule has 0 amide bonds. The van der Waals surface area contributed by atoms with Crippen molar-refractivity contribution in [2.24, 2.45) is 0 Å². The monoisotopic (exact) mass is 144 g/mol. The molecule has 0 saturated carbocycles. The third-order valence-corrected chi connectivity index (χ3v) is 1.10. The Morgan fingerprint density at radius 3 is 2.50 bits per heavy atom. The molecule has 0 aromatic heterocycles. The maximum absolute atomic E-state index is 7.23. The van der Waals surface area contributed by atoms with Crippen molar-refractivity contribution in [2.45, 2.75) is 13.3 Å². The molecule has 0 bridgehead atoms. The van der Waals surface area contributed by atoms with Crippen LogP contribution in [0.25, 0.3) is 0 Å². The lowest BCUT2D eigenvalue weighted by Gasteiger charge is -2.09. The van der Waals surface area contributed by atoms with E-state index in [1.807, 2.05) is 25.9 Å². The van der Waals surface area contributed by atoms with E-state index < -0.39 is 0 Å². The normalized spacial score (nSPS) is 10.0. The van der Waals surface area contributed by atoms with Gasteiger partial charge in [0.15, 0.2) is 5.90 Å². The van der Waals surface area contributed by atoms with Gasteiger partial charge in [0.05, 0.1) is 6.61 Å². The first-order chi connectivity index (χ1) is 4.66. The zero-order valence-corrected chi connectivity index (χ0v) is 6.98. The molecule has 0 rings (SSSR count). The zero-order valence-electron chi connectivity index (χ0n) is 6.98. The topological polar surface area (TPSA) is 36.3 Å². The number of nitrogens with zero attached hydrogens (tertiary/aromatic N) is 1. The number of nitrogens with one attached hydrogen (secondary N) is 1. The molecule has 0 fully saturated rings. The second-order valence-electron chi connectivity index (χ2n) is 2.41. The van der Waals surface area contributed by atoms with Crippen LogP contribution in [0.4, 0.5) is 0 Å². The zero-order chi connectivity index (χ0) is 7.98. The van der Waals surface area contributed by atoms with Crippen LogP contribution in [0.1, 0.15) is 13.3 Å². The van der Waals surface area contributed by atoms with Gasteiger partial charge >= 0.3 is 0 Å². The fourth-order valence-electron chi connectivity index (χ4n) is 0.572. The first kappa shape index (κ1) is 9.43. The third-order valence-electron chi connectivity index (χ3n) is 1.10. The van der Waals surface area contributed by atoms with Gasteiger partial charge in [-0.15, -0.1) is 0 Å². The van der Waals surface area contributed by atoms with E-state index >= 15 is 0 Å². The molecule has 3 nitrogen and oxygen atoms in total. The van der Waals surface area contributed by atoms with Gasteiger partial charge in [-0.05, 0) is 21.0 Å². The standard InChI is InChI=1S/C7H16N2O/c1-4-10-7(8)5-6-9(2)3/h8H,4-6H2,1-3H3. The highest BCUT2D eigenvalue weighted by molar-refractivity contribution is 5.72. The van der Waals surface area contributed by atoms with Gasteiger partial charge in [-0.25, -0.2) is 0 Å². The predicted molar refractivity (Wildman–Crippen MR) is 42.5 cm³/mol. The van der Waals surface area contributed by atoms with Crippen LogP contribution in [0.3, 0.4) is 0 Å². The Labute approximate surface area is 62.5 Å². The van der Waals surface area contributed by atoms with Crippen molar-refractivity contribution in [3.05, 3.63) is 0 Å². The van der Waals surface area contributed by atoms with E-state index in [4.69, 9.17) is 10.1 Å². The van der Waals surface area contributed by atoms with Gasteiger partial charge in [0, 0.05) is 13.0 Å². The highest BCUT2D eigenvalue weighted by atomic mass is 16.5. The summed E-state index contributed by atoms with van der Waals surface area (Å²) in [5.74, 6) is 0.385. The lowest BCUT2D eigenvalue weighted by Crippen LogP contribution is -2.17. The summed E-state index contributed by atoms with van der Waals surface area (Å²) >= 11 is 0. The number of rotatable bonds is 4. The van der Waals surface area contributed by atoms with E-state index in [9.17, 15) is 0 Å². The summed E-state index contributed by atoms with van der Waals surface area (Å²) in [4.78, 5) is 2.04. The van der Waals surface area contributed by atoms with Crippen LogP contribution in [-0.4, -0.2) is 38.0 Å². The molecule has 0 saturated heterocycles. The van der Waals surface area contributed by atoms with Gasteiger partial charge in [-0.3, -0.25) is 5.41 Å². The minimum atomic E-state index is 0.385. The SMILES string of the molecule is CCOC(=N)CCN(C)C. The molecule has 0 radical (unpaired) electrons. The Morgan fingerprint density at radius 1 is 1.50 bits per heavy atom. The lowest BCUT2D eigenvalue weighted by atomic mass is 10.4. The van der Waals surface area contributed by atoms with E-state index in [0.29, 0.717) is 18.9 Å². The molecule has 10 heavy (non-hydrogen) atoms. The number of hydrogen-bond donors (Lipinski definition) is 1. The van der Waals surface area contributed by atoms with Crippen LogP contribution in [0.5, 0.6) is 0 Å². The summed E-state index contributed by atoms with van der Waals surface area (Å²) in [6.07, 6.45) is 0.709. The first-order valence-corrected chi connectivity index (χ1v) is 3.51. The quantitative estimate of drug-likeness (QED) is 0.471. The molecule has 60 valence electrons. The highest BCUT2D eigenvalue weighted by Crippen LogP contribution is 1.87. The summed E-state index contributed by atoms with van der Waals surface area (Å²) in [7, 11) is 3.97. The van der Waals surface area contributed by atoms with Crippen LogP contribution in [0, 0.1) is 5.41 Å². The Hall–Kier alpha value is -0.570. The maximum atomic E-state index is 7.23. The van der Waals surface area contributed by atoms with Crippen LogP contribution < -0.4 is 0 Å². The van der Waals surface area contributed by atoms with E-state index in [-0.39, 0.29) is 0 Å². The van der Waals surface area contributed by atoms with E-state index in [1.165, 1.54) is 0 Å². The van der Waals surface area contributed by atoms with Gasteiger partial charge in [0.1, 0.15) is 0 Å². The Kier molecular flexibility index (Phi) is 4.94. The van der Waals surface area contributed by atoms with Crippen LogP contribution >= 0.6 is 0 Å². The maximum Gasteiger partial charge on any atom is 0.181 e. The van der Waals surface area contributed by atoms with Crippen molar-refractivity contribution >= 4 is 5.90 Å². The van der Waals surface area contributed by atoms with Crippen molar-refractivity contribution in [1.29, 1.82) is 5.41 Å². The summed E-state index contributed by atoms with van der Waals surface area (Å²) in [6.45, 7) is 3.38. The molecule has 0 atom stereocenters. The fourth-order valence-corrected chi connectivity index (χ4v) is 0.572. The molecule has 0 heterocycles. The molecule has 0 aliphatic heterocycles. The summed E-state index contributed by atoms with van der Waals surface area (Å²) in [5.41, 5.74) is 0. The average molecular weight is 144 g/mol. The van der Waals surface area contributed by atoms with Crippen molar-refractivity contribution in [1.82, 2.24) is 4.90 Å². The van der Waals surface area contributed by atoms with Gasteiger partial charge in [0.25, 0.3) is 0 Å². The average Bonchev–Trinajstić information content (AvgIpc) is 1.85. The number of ether oxygens (including phenoxy) is 1. The van der Waals surface area contributed by atoms with Crippen LogP contribution in [0.15, 0.2) is 0 Å². The Balaban J connectivity index is 3.22. The first-order valence-electron chi connectivity index (χ1n) is 3.51. The summed E-state index contributed by atoms with van der Waals surface area (Å²) in [6, 6.07) is 0. The second-order valence-corrected chi connectivity index (χ2v) is 2.41. The largest absolute Gasteiger partial charge is 0.481 e. The van der Waals surface area contributed by atoms with Crippen molar-refractivity contribution in [3.63, 3.8) is 0 Å². The molecule has 0 aromatic rings. The van der Waals surface area contributed by atoms with Crippen LogP contribution in [-0.2, 0) is 4.74 Å². The smallest absolute Gasteiger partial charge is 0.181 e. The number of hydrogen-bond acceptors (Lipinski definition) is 3. The van der Waals surface area contributed by atoms with Gasteiger partial charge in [0.2, 0.25) is 0 Å². The second kappa shape index (κ2) is 5.23. The molecule has 0 spiro atoms. The minimum absolute atomic E-state index is 0.385. The van der Waals surface area contributed by atoms with Crippen LogP contribution in [0.2, 0.25) is 0 Å². The molecular formula is C7H16N2O. The van der Waals surface area contributed by atoms with E-state index in [2.05, 4.69) is 0 Å². The predicted octanol–water partition coefficient (Wildman–Crippen LogP) is 0.952. The molecule has 0 aromatic carbocycles. The van der Waals surface area contributed by atoms with E-state index in [1.54, 1.807) is 0 Å². The van der Waals surface area contributed by atoms with Crippen molar-refractivity contribution in [2.75, 3.05) is 27.2 Å². The Morgan fingerprint density at radius 2 is 2.10 bits per heavy atom. The molecule has 1 N–H and O–H groups in total. The van der Waals surface area contributed by atoms with E-state index in [0.717, 1.165) is 6.54 Å². The fraction of sp³-hybridized carbons (Fsp3) is 0.857. The van der Waals surface area contributed by atoms with Gasteiger partial charge < -0.3 is 9.64 Å². The lowest BCUT2D eigenvalue weighted by molar-refractivity contribution is 0.304. The minimum Gasteiger partial charge on any atom is -0.481 e. The summed E-state index contributed by atoms with van der Waals surface area (Å²) < 4.78 is 4.95. The molecular weight excluding hydrogens is 128 g/mol. The summed E-state index contributed by atoms with van der Waals surface area (Å²) in [5, 5.41) is 7.23. The highest BCUT2D eigenvalue weighted by Gasteiger charge is 1.96. The molecule has 3 heteroatoms. The molecule has 0 aliphatic carbocycles. The van der Waals surface area contributed by atoms with Crippen molar-refractivity contribution in [3.8, 4) is 0 Å². The Bertz CT molecular complexity index is 102. The van der Waals surface area contributed by atoms with Crippen molar-refractivity contribution < 1.29 is 4.74 Å². The molecule has 0 aliphatic rings. The molecule has 0 unspecified atom stereocenters. The third kappa shape index (κ3) is 5.56. The van der Waals surface area contributed by atoms with Gasteiger partial charge in [-0.2, -0.15) is 0 Å². The van der Waals surface area contributed by atoms with Gasteiger partial charge in [-0.1, -0.05) is 0 Å².